The molecule has 2 heterocycles. The third-order valence-electron chi connectivity index (χ3n) is 5.32. The Morgan fingerprint density at radius 3 is 2.59 bits per heavy atom. The minimum Gasteiger partial charge on any atom is -0.485 e. The fraction of sp³-hybridized carbons (Fsp3) is 0.185. The van der Waals surface area contributed by atoms with Crippen molar-refractivity contribution < 1.29 is 14.6 Å². The maximum absolute atomic E-state index is 11.2. The molecule has 4 rings (SSSR count). The van der Waals surface area contributed by atoms with E-state index < -0.39 is 5.97 Å². The van der Waals surface area contributed by atoms with Crippen molar-refractivity contribution >= 4 is 17.0 Å². The zero-order chi connectivity index (χ0) is 22.3. The fourth-order valence-electron chi connectivity index (χ4n) is 3.73. The average Bonchev–Trinajstić information content (AvgIpc) is 3.27. The molecule has 2 N–H and O–H groups in total. The Morgan fingerprint density at radius 1 is 1.09 bits per heavy atom. The van der Waals surface area contributed by atoms with E-state index in [0.29, 0.717) is 12.2 Å². The van der Waals surface area contributed by atoms with Gasteiger partial charge in [-0.3, -0.25) is 4.79 Å². The van der Waals surface area contributed by atoms with Crippen LogP contribution < -0.4 is 4.74 Å². The van der Waals surface area contributed by atoms with Crippen LogP contribution in [0.3, 0.4) is 0 Å². The van der Waals surface area contributed by atoms with Crippen molar-refractivity contribution in [1.82, 2.24) is 9.97 Å². The molecule has 0 fully saturated rings. The Kier molecular flexibility index (Phi) is 6.52. The van der Waals surface area contributed by atoms with Gasteiger partial charge in [-0.05, 0) is 42.3 Å². The summed E-state index contributed by atoms with van der Waals surface area (Å²) in [7, 11) is 0. The number of rotatable bonds is 8. The maximum Gasteiger partial charge on any atom is 0.304 e. The van der Waals surface area contributed by atoms with E-state index in [9.17, 15) is 9.90 Å². The molecule has 5 heteroatoms. The third kappa shape index (κ3) is 5.16. The van der Waals surface area contributed by atoms with Crippen LogP contribution >= 0.6 is 0 Å². The van der Waals surface area contributed by atoms with Gasteiger partial charge in [0.05, 0.1) is 12.3 Å². The smallest absolute Gasteiger partial charge is 0.304 e. The number of carbonyl (C=O) groups is 1. The van der Waals surface area contributed by atoms with Gasteiger partial charge >= 0.3 is 5.97 Å². The minimum absolute atomic E-state index is 0.0278. The number of aromatic nitrogens is 2. The average molecular weight is 425 g/mol. The summed E-state index contributed by atoms with van der Waals surface area (Å²) in [6.07, 6.45) is 4.17. The number of fused-ring (bicyclic) bond motifs is 1. The van der Waals surface area contributed by atoms with Gasteiger partial charge in [0.2, 0.25) is 0 Å². The van der Waals surface area contributed by atoms with E-state index in [1.807, 2.05) is 60.9 Å². The van der Waals surface area contributed by atoms with E-state index in [-0.39, 0.29) is 18.4 Å². The number of pyridine rings is 1. The first-order chi connectivity index (χ1) is 15.6. The molecule has 0 amide bonds. The number of H-pyrrole nitrogens is 1. The molecule has 2 aromatic heterocycles. The van der Waals surface area contributed by atoms with Gasteiger partial charge in [0.25, 0.3) is 0 Å². The number of hydrogen-bond donors (Lipinski definition) is 2. The second-order valence-electron chi connectivity index (χ2n) is 7.59. The predicted molar refractivity (Wildman–Crippen MR) is 124 cm³/mol. The number of aliphatic carboxylic acids is 1. The summed E-state index contributed by atoms with van der Waals surface area (Å²) < 4.78 is 6.40. The van der Waals surface area contributed by atoms with Gasteiger partial charge in [0, 0.05) is 29.8 Å². The number of benzene rings is 2. The van der Waals surface area contributed by atoms with Gasteiger partial charge in [-0.25, -0.2) is 4.98 Å². The first kappa shape index (κ1) is 21.2. The molecule has 5 nitrogen and oxygen atoms in total. The van der Waals surface area contributed by atoms with Gasteiger partial charge in [-0.15, -0.1) is 5.92 Å². The zero-order valence-electron chi connectivity index (χ0n) is 17.8. The minimum atomic E-state index is -0.867. The number of carboxylic acid groups (broad SMARTS) is 1. The standard InChI is InChI=1S/C27H24N2O3/c1-2-6-21(17-26(30)31)20-9-11-24(12-10-20)32-25(15-19-7-4-3-5-8-19)23-16-22-13-14-28-27(22)29-18-23/h3-5,7-14,16,18,21,25H,15,17H2,1H3,(H,28,29)(H,30,31). The SMILES string of the molecule is CC#CC(CC(=O)O)c1ccc(OC(Cc2ccccc2)c2cnc3[nH]ccc3c2)cc1. The number of ether oxygens (including phenoxy) is 1. The van der Waals surface area contributed by atoms with E-state index in [2.05, 4.69) is 40.0 Å². The van der Waals surface area contributed by atoms with Crippen molar-refractivity contribution in [1.29, 1.82) is 0 Å². The Bertz CT molecular complexity index is 1250. The van der Waals surface area contributed by atoms with Gasteiger partial charge in [-0.2, -0.15) is 0 Å². The quantitative estimate of drug-likeness (QED) is 0.366. The van der Waals surface area contributed by atoms with Crippen molar-refractivity contribution in [2.24, 2.45) is 0 Å². The van der Waals surface area contributed by atoms with Gasteiger partial charge < -0.3 is 14.8 Å². The van der Waals surface area contributed by atoms with Crippen LogP contribution in [0, 0.1) is 11.8 Å². The topological polar surface area (TPSA) is 75.2 Å². The first-order valence-corrected chi connectivity index (χ1v) is 10.5. The third-order valence-corrected chi connectivity index (χ3v) is 5.32. The van der Waals surface area contributed by atoms with Crippen LogP contribution in [0.4, 0.5) is 0 Å². The van der Waals surface area contributed by atoms with Crippen LogP contribution in [0.5, 0.6) is 5.75 Å². The lowest BCUT2D eigenvalue weighted by Gasteiger charge is -2.20. The van der Waals surface area contributed by atoms with Crippen LogP contribution in [0.1, 0.15) is 42.1 Å². The number of aromatic amines is 1. The Labute approximate surface area is 187 Å². The van der Waals surface area contributed by atoms with Gasteiger partial charge in [0.1, 0.15) is 17.5 Å². The molecular formula is C27H24N2O3. The molecule has 32 heavy (non-hydrogen) atoms. The van der Waals surface area contributed by atoms with Gasteiger partial charge in [0.15, 0.2) is 0 Å². The van der Waals surface area contributed by atoms with E-state index in [4.69, 9.17) is 4.74 Å². The summed E-state index contributed by atoms with van der Waals surface area (Å²) >= 11 is 0. The van der Waals surface area contributed by atoms with Crippen LogP contribution in [0.15, 0.2) is 79.1 Å². The highest BCUT2D eigenvalue weighted by Gasteiger charge is 2.17. The van der Waals surface area contributed by atoms with Crippen LogP contribution in [-0.2, 0) is 11.2 Å². The maximum atomic E-state index is 11.2. The molecule has 4 aromatic rings. The van der Waals surface area contributed by atoms with Crippen LogP contribution in [0.2, 0.25) is 0 Å². The highest BCUT2D eigenvalue weighted by Crippen LogP contribution is 2.29. The molecule has 0 radical (unpaired) electrons. The lowest BCUT2D eigenvalue weighted by atomic mass is 9.96. The number of carboxylic acids is 1. The lowest BCUT2D eigenvalue weighted by Crippen LogP contribution is -2.11. The summed E-state index contributed by atoms with van der Waals surface area (Å²) in [5, 5.41) is 10.2. The lowest BCUT2D eigenvalue weighted by molar-refractivity contribution is -0.137. The molecule has 0 aliphatic heterocycles. The van der Waals surface area contributed by atoms with Crippen molar-refractivity contribution in [3.05, 3.63) is 95.8 Å². The monoisotopic (exact) mass is 424 g/mol. The van der Waals surface area contributed by atoms with Crippen LogP contribution in [0.25, 0.3) is 11.0 Å². The number of nitrogens with zero attached hydrogens (tertiary/aromatic N) is 1. The van der Waals surface area contributed by atoms with Crippen molar-refractivity contribution in [2.75, 3.05) is 0 Å². The van der Waals surface area contributed by atoms with Gasteiger partial charge in [-0.1, -0.05) is 48.4 Å². The molecule has 0 bridgehead atoms. The van der Waals surface area contributed by atoms with E-state index in [0.717, 1.165) is 22.2 Å². The highest BCUT2D eigenvalue weighted by molar-refractivity contribution is 5.75. The molecule has 0 aliphatic carbocycles. The molecule has 2 unspecified atom stereocenters. The second-order valence-corrected chi connectivity index (χ2v) is 7.59. The summed E-state index contributed by atoms with van der Waals surface area (Å²) in [6.45, 7) is 1.72. The van der Waals surface area contributed by atoms with Crippen molar-refractivity contribution in [2.45, 2.75) is 31.8 Å². The number of hydrogen-bond acceptors (Lipinski definition) is 3. The largest absolute Gasteiger partial charge is 0.485 e. The molecular weight excluding hydrogens is 400 g/mol. The Balaban J connectivity index is 1.60. The van der Waals surface area contributed by atoms with Crippen molar-refractivity contribution in [3.63, 3.8) is 0 Å². The first-order valence-electron chi connectivity index (χ1n) is 10.5. The normalized spacial score (nSPS) is 12.5. The second kappa shape index (κ2) is 9.84. The van der Waals surface area contributed by atoms with E-state index in [1.54, 1.807) is 6.92 Å². The Morgan fingerprint density at radius 2 is 1.88 bits per heavy atom. The zero-order valence-corrected chi connectivity index (χ0v) is 17.8. The van der Waals surface area contributed by atoms with E-state index >= 15 is 0 Å². The molecule has 0 saturated heterocycles. The summed E-state index contributed by atoms with van der Waals surface area (Å²) in [5.41, 5.74) is 3.87. The van der Waals surface area contributed by atoms with Crippen molar-refractivity contribution in [3.8, 4) is 17.6 Å². The molecule has 160 valence electrons. The predicted octanol–water partition coefficient (Wildman–Crippen LogP) is 5.51. The molecule has 2 atom stereocenters. The number of nitrogens with one attached hydrogen (secondary N) is 1. The summed E-state index contributed by atoms with van der Waals surface area (Å²) in [5.74, 6) is 5.31. The molecule has 0 aliphatic rings. The molecule has 0 saturated carbocycles. The fourth-order valence-corrected chi connectivity index (χ4v) is 3.73. The summed E-state index contributed by atoms with van der Waals surface area (Å²) in [4.78, 5) is 18.8. The molecule has 2 aromatic carbocycles. The summed E-state index contributed by atoms with van der Waals surface area (Å²) in [6, 6.07) is 21.8. The Hall–Kier alpha value is -4.04. The highest BCUT2D eigenvalue weighted by atomic mass is 16.5. The molecule has 0 spiro atoms. The van der Waals surface area contributed by atoms with E-state index in [1.165, 1.54) is 5.56 Å². The van der Waals surface area contributed by atoms with Crippen LogP contribution in [-0.4, -0.2) is 21.0 Å².